The quantitative estimate of drug-likeness (QED) is 0.288. The predicted octanol–water partition coefficient (Wildman–Crippen LogP) is 5.54. The molecule has 12 heteroatoms. The fraction of sp³-hybridized carbons (Fsp3) is 0.576. The molecule has 3 heterocycles. The summed E-state index contributed by atoms with van der Waals surface area (Å²) in [5.74, 6) is 0.388. The fourth-order valence-electron chi connectivity index (χ4n) is 5.97. The van der Waals surface area contributed by atoms with E-state index in [1.807, 2.05) is 0 Å². The van der Waals surface area contributed by atoms with Crippen LogP contribution >= 0.6 is 11.6 Å². The van der Waals surface area contributed by atoms with Crippen LogP contribution in [-0.4, -0.2) is 77.1 Å². The summed E-state index contributed by atoms with van der Waals surface area (Å²) in [5.41, 5.74) is 1.11. The average molecular weight is 643 g/mol. The second-order valence-electron chi connectivity index (χ2n) is 13.3. The summed E-state index contributed by atoms with van der Waals surface area (Å²) in [6.07, 6.45) is 4.76. The second-order valence-corrected chi connectivity index (χ2v) is 13.7. The minimum atomic E-state index is -1.20. The number of anilines is 1. The number of rotatable bonds is 11. The van der Waals surface area contributed by atoms with Crippen LogP contribution in [0.25, 0.3) is 0 Å². The van der Waals surface area contributed by atoms with Gasteiger partial charge in [0.25, 0.3) is 0 Å². The molecule has 2 amide bonds. The maximum Gasteiger partial charge on any atom is 0.410 e. The molecule has 1 saturated heterocycles. The van der Waals surface area contributed by atoms with E-state index in [1.54, 1.807) is 45.0 Å². The molecule has 3 N–H and O–H groups in total. The van der Waals surface area contributed by atoms with Crippen molar-refractivity contribution in [3.63, 3.8) is 0 Å². The molecule has 0 spiro atoms. The lowest BCUT2D eigenvalue weighted by molar-refractivity contribution is -0.141. The summed E-state index contributed by atoms with van der Waals surface area (Å²) in [7, 11) is 0. The molecule has 1 aromatic carbocycles. The van der Waals surface area contributed by atoms with Gasteiger partial charge in [0, 0.05) is 35.9 Å². The van der Waals surface area contributed by atoms with Gasteiger partial charge in [0.05, 0.1) is 19.2 Å². The van der Waals surface area contributed by atoms with Gasteiger partial charge < -0.3 is 30.0 Å². The van der Waals surface area contributed by atoms with E-state index >= 15 is 0 Å². The Morgan fingerprint density at radius 1 is 1.20 bits per heavy atom. The molecule has 0 radical (unpaired) electrons. The van der Waals surface area contributed by atoms with E-state index in [0.29, 0.717) is 16.5 Å². The molecular formula is C33H43ClN4O7. The minimum Gasteiger partial charge on any atom is -0.480 e. The molecule has 1 saturated carbocycles. The average Bonchev–Trinajstić information content (AvgIpc) is 2.93. The molecule has 1 aromatic heterocycles. The number of fused-ring (bicyclic) bond motifs is 1. The number of nitrogens with one attached hydrogen (secondary N) is 2. The van der Waals surface area contributed by atoms with E-state index in [0.717, 1.165) is 56.6 Å². The molecule has 45 heavy (non-hydrogen) atoms. The van der Waals surface area contributed by atoms with Crippen molar-refractivity contribution in [1.29, 1.82) is 0 Å². The molecule has 3 aliphatic rings. The summed E-state index contributed by atoms with van der Waals surface area (Å²) in [5, 5.41) is 16.1. The molecule has 2 aliphatic heterocycles. The van der Waals surface area contributed by atoms with Gasteiger partial charge >= 0.3 is 18.2 Å². The summed E-state index contributed by atoms with van der Waals surface area (Å²) < 4.78 is 17.2. The van der Waals surface area contributed by atoms with Crippen molar-refractivity contribution in [3.8, 4) is 0 Å². The van der Waals surface area contributed by atoms with E-state index in [-0.39, 0.29) is 32.2 Å². The summed E-state index contributed by atoms with van der Waals surface area (Å²) in [6.45, 7) is 6.55. The molecule has 1 aliphatic carbocycles. The van der Waals surface area contributed by atoms with Crippen LogP contribution in [0.1, 0.15) is 69.7 Å². The number of halogens is 1. The van der Waals surface area contributed by atoms with Gasteiger partial charge in [-0.1, -0.05) is 29.8 Å². The lowest BCUT2D eigenvalue weighted by Gasteiger charge is -2.48. The Kier molecular flexibility index (Phi) is 10.1. The van der Waals surface area contributed by atoms with Crippen LogP contribution in [0.4, 0.5) is 15.4 Å². The van der Waals surface area contributed by atoms with Gasteiger partial charge in [-0.25, -0.2) is 19.4 Å². The van der Waals surface area contributed by atoms with E-state index in [1.165, 1.54) is 10.5 Å². The summed E-state index contributed by atoms with van der Waals surface area (Å²) >= 11 is 6.20. The number of alkyl carbamates (subject to hydrolysis) is 1. The van der Waals surface area contributed by atoms with Crippen molar-refractivity contribution < 1.29 is 33.7 Å². The van der Waals surface area contributed by atoms with Crippen LogP contribution in [0.3, 0.4) is 0 Å². The van der Waals surface area contributed by atoms with Gasteiger partial charge in [0.1, 0.15) is 17.5 Å². The van der Waals surface area contributed by atoms with Gasteiger partial charge in [-0.15, -0.1) is 0 Å². The second kappa shape index (κ2) is 13.8. The van der Waals surface area contributed by atoms with E-state index in [2.05, 4.69) is 22.8 Å². The molecule has 2 aromatic rings. The Morgan fingerprint density at radius 2 is 1.98 bits per heavy atom. The number of hydrogen-bond acceptors (Lipinski definition) is 8. The lowest BCUT2D eigenvalue weighted by atomic mass is 9.79. The van der Waals surface area contributed by atoms with Crippen molar-refractivity contribution in [3.05, 3.63) is 58.2 Å². The Labute approximate surface area is 269 Å². The topological polar surface area (TPSA) is 139 Å². The molecule has 11 nitrogen and oxygen atoms in total. The smallest absolute Gasteiger partial charge is 0.410 e. The zero-order valence-electron chi connectivity index (χ0n) is 26.1. The molecule has 2 fully saturated rings. The number of aryl methyl sites for hydroxylation is 2. The first kappa shape index (κ1) is 32.8. The van der Waals surface area contributed by atoms with Crippen molar-refractivity contribution in [2.75, 3.05) is 31.6 Å². The predicted molar refractivity (Wildman–Crippen MR) is 168 cm³/mol. The highest BCUT2D eigenvalue weighted by molar-refractivity contribution is 6.30. The number of benzene rings is 1. The number of carboxylic acid groups (broad SMARTS) is 1. The summed E-state index contributed by atoms with van der Waals surface area (Å²) in [4.78, 5) is 43.7. The Balaban J connectivity index is 1.06. The molecule has 5 rings (SSSR count). The molecule has 1 unspecified atom stereocenters. The maximum absolute atomic E-state index is 13.0. The SMILES string of the molecule is CC(C)(C)OC(=O)N1CC(OC(=O)NC(CCOC2CC(CCc3ccc4c(n3)NCCC4)C2)C(=O)O)(c2cccc(Cl)c2)C1. The largest absolute Gasteiger partial charge is 0.480 e. The van der Waals surface area contributed by atoms with E-state index in [9.17, 15) is 19.5 Å². The first-order valence-corrected chi connectivity index (χ1v) is 16.1. The number of pyridine rings is 1. The van der Waals surface area contributed by atoms with E-state index < -0.39 is 35.4 Å². The number of aromatic nitrogens is 1. The first-order valence-electron chi connectivity index (χ1n) is 15.7. The Morgan fingerprint density at radius 3 is 2.69 bits per heavy atom. The van der Waals surface area contributed by atoms with Crippen LogP contribution < -0.4 is 10.6 Å². The Bertz CT molecular complexity index is 1390. The third kappa shape index (κ3) is 8.58. The van der Waals surface area contributed by atoms with Gasteiger partial charge in [-0.3, -0.25) is 4.90 Å². The number of amides is 2. The third-order valence-corrected chi connectivity index (χ3v) is 8.72. The van der Waals surface area contributed by atoms with Gasteiger partial charge in [-0.2, -0.15) is 0 Å². The number of nitrogens with zero attached hydrogens (tertiary/aromatic N) is 2. The van der Waals surface area contributed by atoms with Crippen LogP contribution in [-0.2, 0) is 37.4 Å². The fourth-order valence-corrected chi connectivity index (χ4v) is 6.16. The van der Waals surface area contributed by atoms with Gasteiger partial charge in [0.15, 0.2) is 5.60 Å². The van der Waals surface area contributed by atoms with Crippen LogP contribution in [0.5, 0.6) is 0 Å². The number of likely N-dealkylation sites (tertiary alicyclic amines) is 1. The Hall–Kier alpha value is -3.57. The number of ether oxygens (including phenoxy) is 3. The van der Waals surface area contributed by atoms with Crippen molar-refractivity contribution in [2.24, 2.45) is 5.92 Å². The number of hydrogen-bond donors (Lipinski definition) is 3. The monoisotopic (exact) mass is 642 g/mol. The number of carboxylic acids is 1. The first-order chi connectivity index (χ1) is 21.4. The molecular weight excluding hydrogens is 600 g/mol. The van der Waals surface area contributed by atoms with Crippen molar-refractivity contribution >= 4 is 35.6 Å². The molecule has 1 atom stereocenters. The number of carbonyl (C=O) groups is 3. The lowest BCUT2D eigenvalue weighted by Crippen LogP contribution is -2.64. The maximum atomic E-state index is 13.0. The van der Waals surface area contributed by atoms with Crippen molar-refractivity contribution in [1.82, 2.24) is 15.2 Å². The molecule has 244 valence electrons. The number of carbonyl (C=O) groups excluding carboxylic acids is 2. The highest BCUT2D eigenvalue weighted by Crippen LogP contribution is 2.38. The normalized spacial score (nSPS) is 20.8. The summed E-state index contributed by atoms with van der Waals surface area (Å²) in [6, 6.07) is 9.94. The zero-order chi connectivity index (χ0) is 32.2. The highest BCUT2D eigenvalue weighted by atomic mass is 35.5. The third-order valence-electron chi connectivity index (χ3n) is 8.49. The molecule has 0 bridgehead atoms. The van der Waals surface area contributed by atoms with Crippen LogP contribution in [0, 0.1) is 5.92 Å². The standard InChI is InChI=1S/C33H43ClN4O7/c1-32(2,3)45-31(42)38-19-33(20-38,23-7-4-8-24(34)18-23)44-30(41)37-27(29(39)40)13-15-43-26-16-21(17-26)9-11-25-12-10-22-6-5-14-35-28(22)36-25/h4,7-8,10,12,18,21,26-27H,5-6,9,11,13-17,19-20H2,1-3H3,(H,35,36)(H,37,41)(H,39,40). The van der Waals surface area contributed by atoms with Gasteiger partial charge in [-0.05, 0) is 89.0 Å². The highest BCUT2D eigenvalue weighted by Gasteiger charge is 2.51. The van der Waals surface area contributed by atoms with Crippen LogP contribution in [0.2, 0.25) is 5.02 Å². The van der Waals surface area contributed by atoms with Crippen LogP contribution in [0.15, 0.2) is 36.4 Å². The van der Waals surface area contributed by atoms with Crippen molar-refractivity contribution in [2.45, 2.75) is 89.1 Å². The van der Waals surface area contributed by atoms with E-state index in [4.69, 9.17) is 30.8 Å². The van der Waals surface area contributed by atoms with Gasteiger partial charge in [0.2, 0.25) is 0 Å². The zero-order valence-corrected chi connectivity index (χ0v) is 26.9. The minimum absolute atomic E-state index is 0.0405. The number of aliphatic carboxylic acids is 1.